The van der Waals surface area contributed by atoms with Crippen molar-refractivity contribution in [1.29, 1.82) is 5.26 Å². The van der Waals surface area contributed by atoms with Crippen LogP contribution in [0.5, 0.6) is 0 Å². The molecule has 0 saturated carbocycles. The first kappa shape index (κ1) is 11.2. The van der Waals surface area contributed by atoms with Crippen LogP contribution in [0.1, 0.15) is 18.1 Å². The van der Waals surface area contributed by atoms with Gasteiger partial charge < -0.3 is 4.74 Å². The van der Waals surface area contributed by atoms with Gasteiger partial charge in [-0.2, -0.15) is 5.26 Å². The first-order valence-electron chi connectivity index (χ1n) is 5.41. The van der Waals surface area contributed by atoms with Gasteiger partial charge in [0.2, 0.25) is 0 Å². The summed E-state index contributed by atoms with van der Waals surface area (Å²) < 4.78 is 5.17. The molecule has 0 radical (unpaired) electrons. The smallest absolute Gasteiger partial charge is 0.109 e. The molecule has 0 aliphatic carbocycles. The Morgan fingerprint density at radius 2 is 2.35 bits per heavy atom. The minimum Gasteiger partial charge on any atom is -0.499 e. The highest BCUT2D eigenvalue weighted by atomic mass is 16.5. The molecule has 1 aliphatic heterocycles. The maximum absolute atomic E-state index is 8.84. The minimum absolute atomic E-state index is 0.631. The van der Waals surface area contributed by atoms with Crippen molar-refractivity contribution in [3.63, 3.8) is 0 Å². The largest absolute Gasteiger partial charge is 0.499 e. The topological polar surface area (TPSA) is 45.4 Å². The standard InChI is InChI=1S/C14H12N2O/c1-2-17-10-14-7-13(9-16-14)12-5-3-4-11(6-12)8-15/h3-7,9-10H,2H2,1H3. The van der Waals surface area contributed by atoms with E-state index in [2.05, 4.69) is 11.1 Å². The third-order valence-corrected chi connectivity index (χ3v) is 2.35. The molecule has 0 saturated heterocycles. The average molecular weight is 224 g/mol. The van der Waals surface area contributed by atoms with Crippen LogP contribution in [0.25, 0.3) is 5.57 Å². The highest BCUT2D eigenvalue weighted by molar-refractivity contribution is 6.13. The second-order valence-electron chi connectivity index (χ2n) is 3.55. The lowest BCUT2D eigenvalue weighted by Gasteiger charge is -1.98. The molecule has 17 heavy (non-hydrogen) atoms. The van der Waals surface area contributed by atoms with Gasteiger partial charge >= 0.3 is 0 Å². The molecular weight excluding hydrogens is 212 g/mol. The van der Waals surface area contributed by atoms with Gasteiger partial charge in [-0.1, -0.05) is 12.1 Å². The Bertz CT molecular complexity index is 548. The number of ether oxygens (including phenoxy) is 1. The molecular formula is C14H12N2O. The summed E-state index contributed by atoms with van der Waals surface area (Å²) in [4.78, 5) is 4.22. The molecule has 84 valence electrons. The van der Waals surface area contributed by atoms with Crippen molar-refractivity contribution in [3.05, 3.63) is 53.4 Å². The Balaban J connectivity index is 2.25. The quantitative estimate of drug-likeness (QED) is 0.741. The first-order valence-corrected chi connectivity index (χ1v) is 5.41. The molecule has 2 rings (SSSR count). The zero-order chi connectivity index (χ0) is 12.1. The van der Waals surface area contributed by atoms with Crippen molar-refractivity contribution < 1.29 is 4.74 Å². The van der Waals surface area contributed by atoms with Crippen molar-refractivity contribution in [1.82, 2.24) is 0 Å². The molecule has 1 heterocycles. The van der Waals surface area contributed by atoms with Crippen molar-refractivity contribution in [2.24, 2.45) is 4.99 Å². The monoisotopic (exact) mass is 224 g/mol. The van der Waals surface area contributed by atoms with Gasteiger partial charge in [0, 0.05) is 11.8 Å². The molecule has 3 heteroatoms. The second kappa shape index (κ2) is 5.13. The number of hydrogen-bond donors (Lipinski definition) is 0. The predicted octanol–water partition coefficient (Wildman–Crippen LogP) is 2.90. The van der Waals surface area contributed by atoms with E-state index in [1.807, 2.05) is 31.2 Å². The Morgan fingerprint density at radius 3 is 3.12 bits per heavy atom. The van der Waals surface area contributed by atoms with E-state index in [-0.39, 0.29) is 0 Å². The molecule has 1 aliphatic rings. The normalized spacial score (nSPS) is 15.8. The highest BCUT2D eigenvalue weighted by Crippen LogP contribution is 2.21. The number of benzene rings is 1. The van der Waals surface area contributed by atoms with Crippen LogP contribution >= 0.6 is 0 Å². The Morgan fingerprint density at radius 1 is 1.47 bits per heavy atom. The molecule has 1 aromatic rings. The van der Waals surface area contributed by atoms with Crippen LogP contribution < -0.4 is 0 Å². The predicted molar refractivity (Wildman–Crippen MR) is 67.3 cm³/mol. The number of hydrogen-bond acceptors (Lipinski definition) is 3. The summed E-state index contributed by atoms with van der Waals surface area (Å²) in [6, 6.07) is 9.59. The number of allylic oxidation sites excluding steroid dienone is 2. The molecule has 0 atom stereocenters. The van der Waals surface area contributed by atoms with E-state index >= 15 is 0 Å². The van der Waals surface area contributed by atoms with Gasteiger partial charge in [-0.15, -0.1) is 0 Å². The SMILES string of the molecule is CCOC=C1C=C(c2cccc(C#N)c2)C=N1. The van der Waals surface area contributed by atoms with Crippen LogP contribution in [-0.2, 0) is 4.74 Å². The average Bonchev–Trinajstić information content (AvgIpc) is 2.85. The maximum atomic E-state index is 8.84. The van der Waals surface area contributed by atoms with Gasteiger partial charge in [-0.05, 0) is 30.7 Å². The molecule has 3 nitrogen and oxygen atoms in total. The van der Waals surface area contributed by atoms with Crippen LogP contribution in [0.2, 0.25) is 0 Å². The fourth-order valence-corrected chi connectivity index (χ4v) is 1.54. The summed E-state index contributed by atoms with van der Waals surface area (Å²) in [5, 5.41) is 8.84. The van der Waals surface area contributed by atoms with Crippen LogP contribution in [0.4, 0.5) is 0 Å². The van der Waals surface area contributed by atoms with E-state index in [1.54, 1.807) is 18.5 Å². The van der Waals surface area contributed by atoms with Gasteiger partial charge in [-0.25, -0.2) is 0 Å². The van der Waals surface area contributed by atoms with Crippen molar-refractivity contribution in [3.8, 4) is 6.07 Å². The summed E-state index contributed by atoms with van der Waals surface area (Å²) in [5.41, 5.74) is 3.43. The Labute approximate surface area is 100 Å². The second-order valence-corrected chi connectivity index (χ2v) is 3.55. The molecule has 1 aromatic carbocycles. The lowest BCUT2D eigenvalue weighted by Crippen LogP contribution is -1.84. The summed E-state index contributed by atoms with van der Waals surface area (Å²) in [6.45, 7) is 2.56. The molecule has 0 N–H and O–H groups in total. The number of aliphatic imine (C=N–C) groups is 1. The van der Waals surface area contributed by atoms with Crippen molar-refractivity contribution >= 4 is 11.8 Å². The fourth-order valence-electron chi connectivity index (χ4n) is 1.54. The Kier molecular flexibility index (Phi) is 3.37. The highest BCUT2D eigenvalue weighted by Gasteiger charge is 2.07. The van der Waals surface area contributed by atoms with Crippen molar-refractivity contribution in [2.75, 3.05) is 6.61 Å². The summed E-state index contributed by atoms with van der Waals surface area (Å²) in [7, 11) is 0. The molecule has 0 fully saturated rings. The van der Waals surface area contributed by atoms with Crippen LogP contribution in [-0.4, -0.2) is 12.8 Å². The van der Waals surface area contributed by atoms with E-state index in [0.29, 0.717) is 12.2 Å². The van der Waals surface area contributed by atoms with E-state index in [0.717, 1.165) is 16.8 Å². The van der Waals surface area contributed by atoms with Gasteiger partial charge in [0.25, 0.3) is 0 Å². The van der Waals surface area contributed by atoms with E-state index < -0.39 is 0 Å². The summed E-state index contributed by atoms with van der Waals surface area (Å²) in [5.74, 6) is 0. The van der Waals surface area contributed by atoms with Crippen LogP contribution in [0, 0.1) is 11.3 Å². The first-order chi connectivity index (χ1) is 8.33. The van der Waals surface area contributed by atoms with Gasteiger partial charge in [0.15, 0.2) is 0 Å². The lowest BCUT2D eigenvalue weighted by molar-refractivity contribution is 0.267. The third kappa shape index (κ3) is 2.61. The van der Waals surface area contributed by atoms with E-state index in [4.69, 9.17) is 10.00 Å². The minimum atomic E-state index is 0.631. The molecule has 0 bridgehead atoms. The number of nitriles is 1. The zero-order valence-electron chi connectivity index (χ0n) is 9.55. The third-order valence-electron chi connectivity index (χ3n) is 2.35. The van der Waals surface area contributed by atoms with Crippen LogP contribution in [0.3, 0.4) is 0 Å². The van der Waals surface area contributed by atoms with Gasteiger partial charge in [0.05, 0.1) is 23.9 Å². The van der Waals surface area contributed by atoms with E-state index in [1.165, 1.54) is 0 Å². The lowest BCUT2D eigenvalue weighted by atomic mass is 10.0. The molecule has 0 spiro atoms. The maximum Gasteiger partial charge on any atom is 0.109 e. The van der Waals surface area contributed by atoms with Gasteiger partial charge in [-0.3, -0.25) is 4.99 Å². The summed E-state index contributed by atoms with van der Waals surface area (Å²) >= 11 is 0. The molecule has 0 amide bonds. The van der Waals surface area contributed by atoms with Crippen LogP contribution in [0.15, 0.2) is 47.3 Å². The molecule has 0 aromatic heterocycles. The van der Waals surface area contributed by atoms with Gasteiger partial charge in [0.1, 0.15) is 6.26 Å². The Hall–Kier alpha value is -2.34. The molecule has 0 unspecified atom stereocenters. The summed E-state index contributed by atoms with van der Waals surface area (Å²) in [6.07, 6.45) is 5.35. The number of rotatable bonds is 3. The van der Waals surface area contributed by atoms with E-state index in [9.17, 15) is 0 Å². The number of nitrogens with zero attached hydrogens (tertiary/aromatic N) is 2. The fraction of sp³-hybridized carbons (Fsp3) is 0.143. The van der Waals surface area contributed by atoms with Crippen molar-refractivity contribution in [2.45, 2.75) is 6.92 Å². The zero-order valence-corrected chi connectivity index (χ0v) is 9.55.